The van der Waals surface area contributed by atoms with Crippen molar-refractivity contribution in [2.45, 2.75) is 38.3 Å². The van der Waals surface area contributed by atoms with Crippen molar-refractivity contribution < 1.29 is 9.84 Å². The molecule has 1 fully saturated rings. The number of aliphatic hydroxyl groups is 1. The minimum absolute atomic E-state index is 0.743. The summed E-state index contributed by atoms with van der Waals surface area (Å²) in [5.41, 5.74) is 2.76. The van der Waals surface area contributed by atoms with E-state index in [2.05, 4.69) is 48.2 Å². The van der Waals surface area contributed by atoms with Crippen LogP contribution in [0.4, 0.5) is 0 Å². The third-order valence-electron chi connectivity index (χ3n) is 5.14. The Morgan fingerprint density at radius 1 is 1.08 bits per heavy atom. The molecule has 0 radical (unpaired) electrons. The summed E-state index contributed by atoms with van der Waals surface area (Å²) in [6.45, 7) is 4.88. The molecule has 0 bridgehead atoms. The second-order valence-electron chi connectivity index (χ2n) is 6.67. The number of hydrogen-bond acceptors (Lipinski definition) is 3. The monoisotopic (exact) mass is 325 g/mol. The second kappa shape index (κ2) is 7.37. The molecule has 0 atom stereocenters. The summed E-state index contributed by atoms with van der Waals surface area (Å²) in [4.78, 5) is 2.42. The minimum Gasteiger partial charge on any atom is -0.496 e. The molecule has 24 heavy (non-hydrogen) atoms. The van der Waals surface area contributed by atoms with Crippen LogP contribution < -0.4 is 4.74 Å². The molecule has 0 amide bonds. The number of hydrogen-bond donors (Lipinski definition) is 1. The molecule has 2 aromatic carbocycles. The third-order valence-corrected chi connectivity index (χ3v) is 5.14. The van der Waals surface area contributed by atoms with Gasteiger partial charge in [-0.15, -0.1) is 0 Å². The van der Waals surface area contributed by atoms with Gasteiger partial charge in [0, 0.05) is 19.6 Å². The zero-order chi connectivity index (χ0) is 17.0. The van der Waals surface area contributed by atoms with Crippen LogP contribution in [0, 0.1) is 0 Å². The van der Waals surface area contributed by atoms with Crippen LogP contribution in [-0.4, -0.2) is 30.2 Å². The van der Waals surface area contributed by atoms with E-state index in [1.165, 1.54) is 11.1 Å². The normalized spacial score (nSPS) is 17.6. The maximum atomic E-state index is 11.1. The summed E-state index contributed by atoms with van der Waals surface area (Å²) in [6.07, 6.45) is 2.45. The summed E-state index contributed by atoms with van der Waals surface area (Å²) in [5.74, 6) is 0.884. The first-order chi connectivity index (χ1) is 11.6. The van der Waals surface area contributed by atoms with Gasteiger partial charge in [-0.1, -0.05) is 49.4 Å². The Morgan fingerprint density at radius 3 is 2.42 bits per heavy atom. The lowest BCUT2D eigenvalue weighted by atomic mass is 9.83. The molecular weight excluding hydrogens is 298 g/mol. The van der Waals surface area contributed by atoms with Crippen molar-refractivity contribution in [3.63, 3.8) is 0 Å². The molecule has 1 heterocycles. The van der Waals surface area contributed by atoms with Crippen LogP contribution in [0.2, 0.25) is 0 Å². The Kier molecular flexibility index (Phi) is 5.22. The van der Waals surface area contributed by atoms with Crippen LogP contribution in [0.25, 0.3) is 0 Å². The van der Waals surface area contributed by atoms with Gasteiger partial charge in [0.1, 0.15) is 5.75 Å². The van der Waals surface area contributed by atoms with Crippen LogP contribution in [0.1, 0.15) is 36.5 Å². The van der Waals surface area contributed by atoms with Gasteiger partial charge in [0.15, 0.2) is 0 Å². The lowest BCUT2D eigenvalue weighted by Crippen LogP contribution is -2.42. The van der Waals surface area contributed by atoms with Gasteiger partial charge < -0.3 is 9.84 Å². The van der Waals surface area contributed by atoms with Gasteiger partial charge in [-0.25, -0.2) is 0 Å². The van der Waals surface area contributed by atoms with Crippen molar-refractivity contribution in [2.75, 3.05) is 20.2 Å². The molecular formula is C21H27NO2. The van der Waals surface area contributed by atoms with E-state index in [1.807, 2.05) is 12.1 Å². The Hall–Kier alpha value is -1.84. The molecule has 128 valence electrons. The lowest BCUT2D eigenvalue weighted by Gasteiger charge is -2.38. The third kappa shape index (κ3) is 3.63. The van der Waals surface area contributed by atoms with Gasteiger partial charge in [0.25, 0.3) is 0 Å². The number of likely N-dealkylation sites (tertiary alicyclic amines) is 1. The molecule has 0 unspecified atom stereocenters. The van der Waals surface area contributed by atoms with Crippen LogP contribution in [0.5, 0.6) is 5.75 Å². The maximum absolute atomic E-state index is 11.1. The molecule has 2 aromatic rings. The average molecular weight is 325 g/mol. The molecule has 1 aliphatic heterocycles. The molecule has 0 aliphatic carbocycles. The van der Waals surface area contributed by atoms with E-state index in [0.29, 0.717) is 0 Å². The SMILES string of the molecule is CCc1ccc(C2(O)CCN(Cc3ccccc3)CC2)cc1OC. The van der Waals surface area contributed by atoms with E-state index in [9.17, 15) is 5.11 Å². The van der Waals surface area contributed by atoms with Gasteiger partial charge in [-0.05, 0) is 42.0 Å². The van der Waals surface area contributed by atoms with Crippen molar-refractivity contribution in [3.05, 3.63) is 65.2 Å². The highest BCUT2D eigenvalue weighted by Gasteiger charge is 2.34. The number of methoxy groups -OCH3 is 1. The Balaban J connectivity index is 1.68. The van der Waals surface area contributed by atoms with Gasteiger partial charge in [-0.3, -0.25) is 4.90 Å². The fraction of sp³-hybridized carbons (Fsp3) is 0.429. The summed E-state index contributed by atoms with van der Waals surface area (Å²) in [5, 5.41) is 11.1. The number of aryl methyl sites for hydroxylation is 1. The summed E-state index contributed by atoms with van der Waals surface area (Å²) in [6, 6.07) is 16.7. The Bertz CT molecular complexity index is 661. The van der Waals surface area contributed by atoms with E-state index in [0.717, 1.165) is 50.2 Å². The molecule has 3 nitrogen and oxygen atoms in total. The van der Waals surface area contributed by atoms with Crippen LogP contribution in [-0.2, 0) is 18.6 Å². The standard InChI is InChI=1S/C21H27NO2/c1-3-18-9-10-19(15-20(18)24-2)21(23)11-13-22(14-12-21)16-17-7-5-4-6-8-17/h4-10,15,23H,3,11-14,16H2,1-2H3. The number of nitrogens with zero attached hydrogens (tertiary/aromatic N) is 1. The predicted octanol–water partition coefficient (Wildman–Crippen LogP) is 3.74. The Labute approximate surface area is 144 Å². The topological polar surface area (TPSA) is 32.7 Å². The van der Waals surface area contributed by atoms with Gasteiger partial charge in [0.05, 0.1) is 12.7 Å². The number of rotatable bonds is 5. The first-order valence-corrected chi connectivity index (χ1v) is 8.80. The van der Waals surface area contributed by atoms with Crippen molar-refractivity contribution in [1.29, 1.82) is 0 Å². The largest absolute Gasteiger partial charge is 0.496 e. The highest BCUT2D eigenvalue weighted by Crippen LogP contribution is 2.36. The molecule has 0 spiro atoms. The summed E-state index contributed by atoms with van der Waals surface area (Å²) >= 11 is 0. The average Bonchev–Trinajstić information content (AvgIpc) is 2.64. The van der Waals surface area contributed by atoms with Crippen molar-refractivity contribution >= 4 is 0 Å². The first-order valence-electron chi connectivity index (χ1n) is 8.80. The quantitative estimate of drug-likeness (QED) is 0.909. The van der Waals surface area contributed by atoms with E-state index in [4.69, 9.17) is 4.74 Å². The molecule has 3 heteroatoms. The van der Waals surface area contributed by atoms with Crippen molar-refractivity contribution in [3.8, 4) is 5.75 Å². The molecule has 0 aromatic heterocycles. The van der Waals surface area contributed by atoms with Crippen molar-refractivity contribution in [2.24, 2.45) is 0 Å². The zero-order valence-corrected chi connectivity index (χ0v) is 14.7. The van der Waals surface area contributed by atoms with Gasteiger partial charge in [-0.2, -0.15) is 0 Å². The number of ether oxygens (including phenoxy) is 1. The molecule has 1 aliphatic rings. The molecule has 3 rings (SSSR count). The van der Waals surface area contributed by atoms with E-state index >= 15 is 0 Å². The Morgan fingerprint density at radius 2 is 1.79 bits per heavy atom. The van der Waals surface area contributed by atoms with Crippen LogP contribution in [0.3, 0.4) is 0 Å². The number of piperidine rings is 1. The fourth-order valence-corrected chi connectivity index (χ4v) is 3.54. The summed E-state index contributed by atoms with van der Waals surface area (Å²) < 4.78 is 5.49. The minimum atomic E-state index is -0.743. The molecule has 1 saturated heterocycles. The van der Waals surface area contributed by atoms with Crippen LogP contribution >= 0.6 is 0 Å². The summed E-state index contributed by atoms with van der Waals surface area (Å²) in [7, 11) is 1.70. The molecule has 0 saturated carbocycles. The fourth-order valence-electron chi connectivity index (χ4n) is 3.54. The van der Waals surface area contributed by atoms with Crippen molar-refractivity contribution in [1.82, 2.24) is 4.90 Å². The molecule has 1 N–H and O–H groups in total. The van der Waals surface area contributed by atoms with E-state index in [1.54, 1.807) is 7.11 Å². The zero-order valence-electron chi connectivity index (χ0n) is 14.7. The van der Waals surface area contributed by atoms with Crippen LogP contribution in [0.15, 0.2) is 48.5 Å². The van der Waals surface area contributed by atoms with E-state index < -0.39 is 5.60 Å². The van der Waals surface area contributed by atoms with Gasteiger partial charge >= 0.3 is 0 Å². The first kappa shape index (κ1) is 17.0. The maximum Gasteiger partial charge on any atom is 0.122 e. The smallest absolute Gasteiger partial charge is 0.122 e. The second-order valence-corrected chi connectivity index (χ2v) is 6.67. The highest BCUT2D eigenvalue weighted by molar-refractivity contribution is 5.40. The van der Waals surface area contributed by atoms with E-state index in [-0.39, 0.29) is 0 Å². The lowest BCUT2D eigenvalue weighted by molar-refractivity contribution is -0.0278. The number of benzene rings is 2. The van der Waals surface area contributed by atoms with Gasteiger partial charge in [0.2, 0.25) is 0 Å². The predicted molar refractivity (Wildman–Crippen MR) is 97.2 cm³/mol. The highest BCUT2D eigenvalue weighted by atomic mass is 16.5.